The van der Waals surface area contributed by atoms with E-state index in [1.54, 1.807) is 6.08 Å². The van der Waals surface area contributed by atoms with Crippen LogP contribution in [0.25, 0.3) is 0 Å². The summed E-state index contributed by atoms with van der Waals surface area (Å²) in [5, 5.41) is 30.6. The van der Waals surface area contributed by atoms with Gasteiger partial charge in [-0.3, -0.25) is 4.79 Å². The van der Waals surface area contributed by atoms with Crippen LogP contribution in [0.5, 0.6) is 0 Å². The molecular formula is C23H40O5. The lowest BCUT2D eigenvalue weighted by atomic mass is 9.89. The first kappa shape index (κ1) is 24.9. The number of allylic oxidation sites excluding steroid dienone is 2. The average Bonchev–Trinajstić information content (AvgIpc) is 2.88. The predicted octanol–water partition coefficient (Wildman–Crippen LogP) is 3.91. The van der Waals surface area contributed by atoms with Gasteiger partial charge in [-0.2, -0.15) is 0 Å². The molecule has 5 heteroatoms. The fourth-order valence-electron chi connectivity index (χ4n) is 3.72. The van der Waals surface area contributed by atoms with Gasteiger partial charge in [0.1, 0.15) is 0 Å². The second-order valence-electron chi connectivity index (χ2n) is 8.20. The summed E-state index contributed by atoms with van der Waals surface area (Å²) in [6, 6.07) is 0. The number of carbonyl (C=O) groups excluding carboxylic acids is 1. The van der Waals surface area contributed by atoms with Crippen LogP contribution in [0.4, 0.5) is 0 Å². The first-order chi connectivity index (χ1) is 13.3. The van der Waals surface area contributed by atoms with Crippen molar-refractivity contribution in [1.29, 1.82) is 0 Å². The first-order valence-electron chi connectivity index (χ1n) is 10.9. The molecule has 162 valence electrons. The van der Waals surface area contributed by atoms with E-state index in [1.807, 2.05) is 32.1 Å². The van der Waals surface area contributed by atoms with Gasteiger partial charge in [0.25, 0.3) is 0 Å². The summed E-state index contributed by atoms with van der Waals surface area (Å²) in [5.74, 6) is -0.349. The number of aliphatic hydroxyl groups is 3. The molecule has 0 aromatic carbocycles. The van der Waals surface area contributed by atoms with Gasteiger partial charge in [-0.15, -0.1) is 0 Å². The second-order valence-corrected chi connectivity index (χ2v) is 8.20. The molecule has 1 rings (SSSR count). The monoisotopic (exact) mass is 396 g/mol. The molecule has 0 amide bonds. The van der Waals surface area contributed by atoms with Crippen LogP contribution in [0.2, 0.25) is 0 Å². The molecule has 3 N–H and O–H groups in total. The highest BCUT2D eigenvalue weighted by atomic mass is 16.5. The number of esters is 1. The summed E-state index contributed by atoms with van der Waals surface area (Å²) < 4.78 is 5.10. The molecule has 1 aliphatic rings. The number of carbonyl (C=O) groups is 1. The van der Waals surface area contributed by atoms with Gasteiger partial charge in [0.15, 0.2) is 0 Å². The number of aliphatic hydroxyl groups excluding tert-OH is 3. The third-order valence-electron chi connectivity index (χ3n) is 5.27. The van der Waals surface area contributed by atoms with E-state index in [1.165, 1.54) is 0 Å². The molecule has 0 spiro atoms. The molecule has 0 bridgehead atoms. The molecule has 5 nitrogen and oxygen atoms in total. The van der Waals surface area contributed by atoms with Crippen molar-refractivity contribution >= 4 is 5.97 Å². The van der Waals surface area contributed by atoms with Crippen LogP contribution in [0.1, 0.15) is 78.6 Å². The Morgan fingerprint density at radius 2 is 1.89 bits per heavy atom. The van der Waals surface area contributed by atoms with E-state index >= 15 is 0 Å². The number of ether oxygens (including phenoxy) is 1. The Bertz CT molecular complexity index is 485. The fourth-order valence-corrected chi connectivity index (χ4v) is 3.72. The van der Waals surface area contributed by atoms with Crippen LogP contribution in [0.3, 0.4) is 0 Å². The zero-order valence-electron chi connectivity index (χ0n) is 17.8. The minimum absolute atomic E-state index is 0.0451. The van der Waals surface area contributed by atoms with Gasteiger partial charge in [0.05, 0.1) is 24.4 Å². The molecule has 1 aliphatic carbocycles. The molecule has 0 heterocycles. The standard InChI is InChI=1S/C23H40O5/c1-4-5-8-11-18(24)14-15-20-19(21(25)16-22(20)26)12-9-6-7-10-13-23(27)28-17(2)3/h6,9,14-15,17-22,24-26H,4-5,7-8,10-13,16H2,1-3H3/b9-6+,15-14+/t18-,19+,20+,21-,22+/m0/s1. The minimum Gasteiger partial charge on any atom is -0.463 e. The van der Waals surface area contributed by atoms with Gasteiger partial charge >= 0.3 is 5.97 Å². The Hall–Kier alpha value is -1.17. The Morgan fingerprint density at radius 3 is 2.57 bits per heavy atom. The summed E-state index contributed by atoms with van der Waals surface area (Å²) in [6.07, 6.45) is 13.0. The largest absolute Gasteiger partial charge is 0.463 e. The van der Waals surface area contributed by atoms with Crippen LogP contribution < -0.4 is 0 Å². The zero-order valence-corrected chi connectivity index (χ0v) is 17.8. The molecule has 0 saturated heterocycles. The van der Waals surface area contributed by atoms with Gasteiger partial charge < -0.3 is 20.1 Å². The lowest BCUT2D eigenvalue weighted by molar-refractivity contribution is -0.147. The topological polar surface area (TPSA) is 87.0 Å². The van der Waals surface area contributed by atoms with Crippen LogP contribution in [-0.2, 0) is 9.53 Å². The number of unbranched alkanes of at least 4 members (excludes halogenated alkanes) is 3. The summed E-state index contributed by atoms with van der Waals surface area (Å²) in [4.78, 5) is 11.5. The maximum Gasteiger partial charge on any atom is 0.306 e. The molecule has 0 aliphatic heterocycles. The van der Waals surface area contributed by atoms with Gasteiger partial charge in [0.2, 0.25) is 0 Å². The summed E-state index contributed by atoms with van der Waals surface area (Å²) in [5.41, 5.74) is 0. The van der Waals surface area contributed by atoms with Crippen LogP contribution >= 0.6 is 0 Å². The molecule has 0 radical (unpaired) electrons. The van der Waals surface area contributed by atoms with Crippen molar-refractivity contribution in [3.8, 4) is 0 Å². The molecule has 5 atom stereocenters. The third-order valence-corrected chi connectivity index (χ3v) is 5.27. The minimum atomic E-state index is -0.571. The third kappa shape index (κ3) is 9.85. The molecular weight excluding hydrogens is 356 g/mol. The molecule has 0 aromatic heterocycles. The maximum absolute atomic E-state index is 11.5. The van der Waals surface area contributed by atoms with Crippen molar-refractivity contribution in [2.45, 2.75) is 103 Å². The van der Waals surface area contributed by atoms with E-state index in [0.717, 1.165) is 38.5 Å². The Balaban J connectivity index is 2.41. The van der Waals surface area contributed by atoms with E-state index in [4.69, 9.17) is 4.74 Å². The number of rotatable bonds is 13. The SMILES string of the molecule is CCCCC[C@H](O)/C=C/[C@@H]1[C@@H](C/C=C/CCCC(=O)OC(C)C)[C@@H](O)C[C@H]1O. The number of hydrogen-bond acceptors (Lipinski definition) is 5. The molecule has 1 fully saturated rings. The van der Waals surface area contributed by atoms with Crippen molar-refractivity contribution in [2.24, 2.45) is 11.8 Å². The highest BCUT2D eigenvalue weighted by Gasteiger charge is 2.39. The smallest absolute Gasteiger partial charge is 0.306 e. The Morgan fingerprint density at radius 1 is 1.14 bits per heavy atom. The van der Waals surface area contributed by atoms with E-state index in [0.29, 0.717) is 19.3 Å². The Kier molecular flexibility index (Phi) is 12.4. The van der Waals surface area contributed by atoms with E-state index < -0.39 is 18.3 Å². The lowest BCUT2D eigenvalue weighted by Crippen LogP contribution is -2.20. The first-order valence-corrected chi connectivity index (χ1v) is 10.9. The van der Waals surface area contributed by atoms with Crippen LogP contribution in [-0.4, -0.2) is 45.7 Å². The van der Waals surface area contributed by atoms with Gasteiger partial charge in [-0.05, 0) is 45.4 Å². The summed E-state index contributed by atoms with van der Waals surface area (Å²) >= 11 is 0. The maximum atomic E-state index is 11.5. The quantitative estimate of drug-likeness (QED) is 0.250. The molecule has 0 unspecified atom stereocenters. The molecule has 1 saturated carbocycles. The molecule has 28 heavy (non-hydrogen) atoms. The van der Waals surface area contributed by atoms with Crippen LogP contribution in [0.15, 0.2) is 24.3 Å². The normalized spacial score (nSPS) is 26.5. The highest BCUT2D eigenvalue weighted by Crippen LogP contribution is 2.36. The van der Waals surface area contributed by atoms with Crippen molar-refractivity contribution in [3.63, 3.8) is 0 Å². The molecule has 0 aromatic rings. The van der Waals surface area contributed by atoms with Gasteiger partial charge in [-0.25, -0.2) is 0 Å². The summed E-state index contributed by atoms with van der Waals surface area (Å²) in [6.45, 7) is 5.82. The summed E-state index contributed by atoms with van der Waals surface area (Å²) in [7, 11) is 0. The average molecular weight is 397 g/mol. The van der Waals surface area contributed by atoms with E-state index in [2.05, 4.69) is 6.92 Å². The predicted molar refractivity (Wildman–Crippen MR) is 112 cm³/mol. The lowest BCUT2D eigenvalue weighted by Gasteiger charge is -2.19. The van der Waals surface area contributed by atoms with Crippen molar-refractivity contribution in [2.75, 3.05) is 0 Å². The van der Waals surface area contributed by atoms with Gasteiger partial charge in [-0.1, -0.05) is 50.5 Å². The van der Waals surface area contributed by atoms with E-state index in [9.17, 15) is 20.1 Å². The number of hydrogen-bond donors (Lipinski definition) is 3. The van der Waals surface area contributed by atoms with Gasteiger partial charge in [0, 0.05) is 18.8 Å². The highest BCUT2D eigenvalue weighted by molar-refractivity contribution is 5.69. The van der Waals surface area contributed by atoms with Crippen molar-refractivity contribution in [1.82, 2.24) is 0 Å². The van der Waals surface area contributed by atoms with Crippen molar-refractivity contribution < 1.29 is 24.9 Å². The fraction of sp³-hybridized carbons (Fsp3) is 0.783. The Labute approximate surface area is 170 Å². The van der Waals surface area contributed by atoms with Crippen LogP contribution in [0, 0.1) is 11.8 Å². The van der Waals surface area contributed by atoms with Crippen molar-refractivity contribution in [3.05, 3.63) is 24.3 Å². The second kappa shape index (κ2) is 13.9. The van der Waals surface area contributed by atoms with E-state index in [-0.39, 0.29) is 23.9 Å². The zero-order chi connectivity index (χ0) is 20.9.